The van der Waals surface area contributed by atoms with Crippen LogP contribution in [0.5, 0.6) is 0 Å². The van der Waals surface area contributed by atoms with E-state index in [2.05, 4.69) is 14.7 Å². The number of anilines is 2. The Kier molecular flexibility index (Phi) is 7.66. The van der Waals surface area contributed by atoms with E-state index in [4.69, 9.17) is 9.22 Å². The van der Waals surface area contributed by atoms with Crippen molar-refractivity contribution in [2.75, 3.05) is 22.7 Å². The highest BCUT2D eigenvalue weighted by Crippen LogP contribution is 2.38. The van der Waals surface area contributed by atoms with Gasteiger partial charge in [-0.05, 0) is 49.0 Å². The first-order valence-electron chi connectivity index (χ1n) is 13.1. The Bertz CT molecular complexity index is 1500. The number of pyridine rings is 2. The van der Waals surface area contributed by atoms with E-state index >= 15 is 0 Å². The molecule has 0 aliphatic rings. The highest BCUT2D eigenvalue weighted by molar-refractivity contribution is 7.92. The van der Waals surface area contributed by atoms with Crippen molar-refractivity contribution in [3.05, 3.63) is 65.7 Å². The van der Waals surface area contributed by atoms with Gasteiger partial charge in [0.25, 0.3) is 10.0 Å². The van der Waals surface area contributed by atoms with E-state index in [0.29, 0.717) is 25.6 Å². The number of aromatic nitrogens is 2. The van der Waals surface area contributed by atoms with Gasteiger partial charge in [-0.25, -0.2) is 9.97 Å². The molecule has 0 bridgehead atoms. The number of rotatable bonds is 11. The van der Waals surface area contributed by atoms with E-state index in [1.165, 1.54) is 30.3 Å². The summed E-state index contributed by atoms with van der Waals surface area (Å²) >= 11 is 0. The minimum atomic E-state index is -4.90. The fourth-order valence-electron chi connectivity index (χ4n) is 3.72. The summed E-state index contributed by atoms with van der Waals surface area (Å²) in [5.41, 5.74) is -2.66. The van der Waals surface area contributed by atoms with E-state index in [-0.39, 0.29) is 29.3 Å². The molecule has 204 valence electrons. The number of carboxylic acid groups (broad SMARTS) is 1. The number of alkyl halides is 3. The largest absolute Gasteiger partial charge is 0.481 e. The van der Waals surface area contributed by atoms with E-state index < -0.39 is 51.1 Å². The summed E-state index contributed by atoms with van der Waals surface area (Å²) in [7, 11) is -4.45. The van der Waals surface area contributed by atoms with Crippen molar-refractivity contribution in [3.63, 3.8) is 0 Å². The Morgan fingerprint density at radius 3 is 2.50 bits per heavy atom. The highest BCUT2D eigenvalue weighted by Gasteiger charge is 2.35. The van der Waals surface area contributed by atoms with Crippen LogP contribution >= 0.6 is 0 Å². The zero-order valence-electron chi connectivity index (χ0n) is 23.7. The van der Waals surface area contributed by atoms with Gasteiger partial charge in [-0.3, -0.25) is 9.52 Å². The molecule has 2 aromatic heterocycles. The number of hydrogen-bond acceptors (Lipinski definition) is 6. The number of nitrogens with one attached hydrogen (secondary N) is 1. The smallest absolute Gasteiger partial charge is 0.418 e. The molecule has 12 heteroatoms. The molecule has 0 aliphatic carbocycles. The van der Waals surface area contributed by atoms with Gasteiger partial charge in [0.1, 0.15) is 11.6 Å². The zero-order valence-corrected chi connectivity index (χ0v) is 21.5. The quantitative estimate of drug-likeness (QED) is 0.318. The second kappa shape index (κ2) is 11.8. The molecule has 0 aliphatic heterocycles. The van der Waals surface area contributed by atoms with Gasteiger partial charge in [-0.1, -0.05) is 44.2 Å². The normalized spacial score (nSPS) is 13.5. The van der Waals surface area contributed by atoms with E-state index in [0.717, 1.165) is 12.1 Å². The van der Waals surface area contributed by atoms with Crippen LogP contribution in [-0.2, 0) is 21.0 Å². The summed E-state index contributed by atoms with van der Waals surface area (Å²) < 4.78 is 93.4. The molecule has 0 atom stereocenters. The van der Waals surface area contributed by atoms with Crippen molar-refractivity contribution in [1.29, 1.82) is 0 Å². The molecule has 0 saturated carbocycles. The van der Waals surface area contributed by atoms with Crippen molar-refractivity contribution in [2.24, 2.45) is 5.92 Å². The van der Waals surface area contributed by atoms with E-state index in [9.17, 15) is 26.4 Å². The van der Waals surface area contributed by atoms with Crippen molar-refractivity contribution < 1.29 is 35.6 Å². The predicted octanol–water partition coefficient (Wildman–Crippen LogP) is 5.60. The third-order valence-electron chi connectivity index (χ3n) is 5.33. The van der Waals surface area contributed by atoms with Gasteiger partial charge in [0.05, 0.1) is 11.3 Å². The molecular formula is C26H29F3N4O4S. The summed E-state index contributed by atoms with van der Waals surface area (Å²) in [6.07, 6.45) is -4.69. The Balaban J connectivity index is 2.01. The average Bonchev–Trinajstić information content (AvgIpc) is 2.86. The third kappa shape index (κ3) is 7.44. The van der Waals surface area contributed by atoms with Crippen LogP contribution in [0, 0.1) is 12.8 Å². The van der Waals surface area contributed by atoms with Crippen molar-refractivity contribution >= 4 is 27.6 Å². The van der Waals surface area contributed by atoms with Crippen molar-refractivity contribution in [2.45, 2.75) is 44.7 Å². The lowest BCUT2D eigenvalue weighted by molar-refractivity contribution is -0.138. The van der Waals surface area contributed by atoms with Gasteiger partial charge >= 0.3 is 12.1 Å². The number of hydrogen-bond donors (Lipinski definition) is 2. The molecular weight excluding hydrogens is 521 g/mol. The van der Waals surface area contributed by atoms with Crippen LogP contribution in [0.4, 0.5) is 24.8 Å². The molecule has 2 N–H and O–H groups in total. The second-order valence-electron chi connectivity index (χ2n) is 8.91. The van der Waals surface area contributed by atoms with Crippen LogP contribution < -0.4 is 9.62 Å². The van der Waals surface area contributed by atoms with Crippen LogP contribution in [0.15, 0.2) is 59.6 Å². The number of sulfonamides is 1. The number of carbonyl (C=O) groups is 1. The van der Waals surface area contributed by atoms with E-state index in [1.54, 1.807) is 11.0 Å². The maximum Gasteiger partial charge on any atom is 0.418 e. The third-order valence-corrected chi connectivity index (χ3v) is 6.59. The number of nitrogens with zero attached hydrogens (tertiary/aromatic N) is 3. The SMILES string of the molecule is [2H]C([2H])([2H])c1ccccc1-c1nc(NS(=O)(=O)c2cccc(N(CCCC(=O)O)CC(C)C)n2)ccc1C(F)(F)F. The molecule has 0 amide bonds. The predicted molar refractivity (Wildman–Crippen MR) is 138 cm³/mol. The maximum atomic E-state index is 13.9. The molecule has 0 spiro atoms. The number of benzene rings is 1. The molecule has 2 heterocycles. The molecule has 3 aromatic rings. The summed E-state index contributed by atoms with van der Waals surface area (Å²) in [6.45, 7) is 1.89. The van der Waals surface area contributed by atoms with Crippen molar-refractivity contribution in [3.8, 4) is 11.3 Å². The van der Waals surface area contributed by atoms with E-state index in [1.807, 2.05) is 13.8 Å². The Morgan fingerprint density at radius 1 is 1.11 bits per heavy atom. The molecule has 3 rings (SSSR count). The van der Waals surface area contributed by atoms with Gasteiger partial charge in [0, 0.05) is 29.2 Å². The van der Waals surface area contributed by atoms with Gasteiger partial charge in [-0.2, -0.15) is 21.6 Å². The zero-order chi connectivity index (χ0) is 30.6. The highest BCUT2D eigenvalue weighted by atomic mass is 32.2. The summed E-state index contributed by atoms with van der Waals surface area (Å²) in [5.74, 6) is -1.01. The maximum absolute atomic E-state index is 13.9. The first kappa shape index (κ1) is 24.7. The molecule has 0 radical (unpaired) electrons. The van der Waals surface area contributed by atoms with Crippen LogP contribution in [-0.4, -0.2) is 42.6 Å². The number of halogens is 3. The standard InChI is InChI=1S/C26H29F3N4O4S/c1-17(2)16-33(15-7-12-24(34)35)22-10-6-11-23(31-22)38(36,37)32-21-14-13-20(26(27,28)29)25(30-21)19-9-5-4-8-18(19)3/h4-6,8-11,13-14,17H,7,12,15-16H2,1-3H3,(H,30,32)(H,34,35)/i3D3. The average molecular weight is 554 g/mol. The van der Waals surface area contributed by atoms with Crippen molar-refractivity contribution in [1.82, 2.24) is 9.97 Å². The summed E-state index contributed by atoms with van der Waals surface area (Å²) in [6, 6.07) is 10.8. The first-order valence-corrected chi connectivity index (χ1v) is 13.1. The van der Waals surface area contributed by atoms with Gasteiger partial charge in [0.2, 0.25) is 0 Å². The topological polar surface area (TPSA) is 112 Å². The fourth-order valence-corrected chi connectivity index (χ4v) is 4.69. The summed E-state index contributed by atoms with van der Waals surface area (Å²) in [4.78, 5) is 20.8. The Labute approximate surface area is 223 Å². The molecule has 38 heavy (non-hydrogen) atoms. The van der Waals surface area contributed by atoms with Crippen LogP contribution in [0.1, 0.15) is 41.9 Å². The van der Waals surface area contributed by atoms with Gasteiger partial charge in [0.15, 0.2) is 5.03 Å². The summed E-state index contributed by atoms with van der Waals surface area (Å²) in [5, 5.41) is 8.52. The second-order valence-corrected chi connectivity index (χ2v) is 10.5. The lowest BCUT2D eigenvalue weighted by Gasteiger charge is -2.25. The number of aryl methyl sites for hydroxylation is 1. The minimum Gasteiger partial charge on any atom is -0.481 e. The Hall–Kier alpha value is -3.67. The molecule has 0 saturated heterocycles. The number of aliphatic carboxylic acids is 1. The first-order chi connectivity index (χ1) is 19.0. The van der Waals surface area contributed by atoms with Gasteiger partial charge < -0.3 is 10.0 Å². The molecule has 1 aromatic carbocycles. The molecule has 0 fully saturated rings. The van der Waals surface area contributed by atoms with Gasteiger partial charge in [-0.15, -0.1) is 0 Å². The fraction of sp³-hybridized carbons (Fsp3) is 0.346. The van der Waals surface area contributed by atoms with Crippen LogP contribution in [0.25, 0.3) is 11.3 Å². The number of carboxylic acids is 1. The Morgan fingerprint density at radius 2 is 1.84 bits per heavy atom. The van der Waals surface area contributed by atoms with Crippen LogP contribution in [0.2, 0.25) is 0 Å². The molecule has 8 nitrogen and oxygen atoms in total. The minimum absolute atomic E-state index is 0.0824. The van der Waals surface area contributed by atoms with Crippen LogP contribution in [0.3, 0.4) is 0 Å². The lowest BCUT2D eigenvalue weighted by atomic mass is 10.0. The monoisotopic (exact) mass is 553 g/mol. The lowest BCUT2D eigenvalue weighted by Crippen LogP contribution is -2.30. The molecule has 0 unspecified atom stereocenters.